The van der Waals surface area contributed by atoms with Gasteiger partial charge in [0.05, 0.1) is 4.92 Å². The minimum atomic E-state index is -0.761. The molecule has 3 aromatic rings. The second kappa shape index (κ2) is 5.44. The number of fused-ring (bicyclic) bond motifs is 1. The quantitative estimate of drug-likeness (QED) is 0.314. The van der Waals surface area contributed by atoms with Crippen LogP contribution in [0.15, 0.2) is 30.5 Å². The summed E-state index contributed by atoms with van der Waals surface area (Å²) >= 11 is 0. The lowest BCUT2D eigenvalue weighted by molar-refractivity contribution is -0.385. The lowest BCUT2D eigenvalue weighted by atomic mass is 10.2. The molecule has 2 aromatic heterocycles. The fourth-order valence-electron chi connectivity index (χ4n) is 2.04. The molecule has 0 spiro atoms. The van der Waals surface area contributed by atoms with Gasteiger partial charge in [0.1, 0.15) is 5.75 Å². The van der Waals surface area contributed by atoms with Crippen LogP contribution in [0.3, 0.4) is 0 Å². The molecule has 0 amide bonds. The lowest BCUT2D eigenvalue weighted by Crippen LogP contribution is -2.11. The van der Waals surface area contributed by atoms with E-state index in [1.165, 1.54) is 22.7 Å². The van der Waals surface area contributed by atoms with Crippen LogP contribution in [0.2, 0.25) is 0 Å². The summed E-state index contributed by atoms with van der Waals surface area (Å²) in [7, 11) is 0. The average Bonchev–Trinajstić information content (AvgIpc) is 2.92. The number of benzene rings is 1. The molecular formula is C14H11N5O4. The minimum absolute atomic E-state index is 0.0459. The summed E-state index contributed by atoms with van der Waals surface area (Å²) in [5.74, 6) is -0.426. The first kappa shape index (κ1) is 14.6. The molecule has 0 saturated heterocycles. The molecule has 9 heteroatoms. The highest BCUT2D eigenvalue weighted by Crippen LogP contribution is 2.23. The molecule has 3 rings (SSSR count). The van der Waals surface area contributed by atoms with Crippen LogP contribution in [0.25, 0.3) is 5.78 Å². The monoisotopic (exact) mass is 313 g/mol. The number of hydrogen-bond acceptors (Lipinski definition) is 7. The molecule has 0 saturated carbocycles. The first-order chi connectivity index (χ1) is 11.0. The van der Waals surface area contributed by atoms with Gasteiger partial charge in [0.25, 0.3) is 17.3 Å². The van der Waals surface area contributed by atoms with E-state index in [9.17, 15) is 14.9 Å². The zero-order chi connectivity index (χ0) is 16.6. The summed E-state index contributed by atoms with van der Waals surface area (Å²) in [6.07, 6.45) is 1.56. The first-order valence-corrected chi connectivity index (χ1v) is 6.61. The molecule has 23 heavy (non-hydrogen) atoms. The largest absolute Gasteiger partial charge is 0.421 e. The SMILES string of the molecule is Cc1cc(OC(=O)c2nc3nccc(C)n3n2)ccc1[N+](=O)[O-]. The topological polar surface area (TPSA) is 113 Å². The fourth-order valence-corrected chi connectivity index (χ4v) is 2.04. The predicted octanol–water partition coefficient (Wildman–Crippen LogP) is 1.87. The Morgan fingerprint density at radius 1 is 1.30 bits per heavy atom. The van der Waals surface area contributed by atoms with Crippen LogP contribution >= 0.6 is 0 Å². The van der Waals surface area contributed by atoms with Crippen molar-refractivity contribution in [2.45, 2.75) is 13.8 Å². The van der Waals surface area contributed by atoms with Gasteiger partial charge in [-0.15, -0.1) is 5.10 Å². The van der Waals surface area contributed by atoms with Gasteiger partial charge in [-0.3, -0.25) is 10.1 Å². The molecule has 0 aliphatic rings. The highest BCUT2D eigenvalue weighted by atomic mass is 16.6. The van der Waals surface area contributed by atoms with Crippen LogP contribution in [-0.4, -0.2) is 30.5 Å². The molecule has 0 aliphatic heterocycles. The summed E-state index contributed by atoms with van der Waals surface area (Å²) in [5.41, 5.74) is 1.11. The van der Waals surface area contributed by atoms with Crippen molar-refractivity contribution in [3.05, 3.63) is 57.7 Å². The van der Waals surface area contributed by atoms with E-state index in [2.05, 4.69) is 15.1 Å². The Labute approximate surface area is 129 Å². The van der Waals surface area contributed by atoms with Crippen molar-refractivity contribution in [2.24, 2.45) is 0 Å². The standard InChI is InChI=1S/C14H11N5O4/c1-8-7-10(3-4-11(8)19(21)22)23-13(20)12-16-14-15-6-5-9(2)18(14)17-12/h3-7H,1-2H3. The van der Waals surface area contributed by atoms with Gasteiger partial charge >= 0.3 is 5.97 Å². The zero-order valence-corrected chi connectivity index (χ0v) is 12.3. The van der Waals surface area contributed by atoms with Gasteiger partial charge in [-0.25, -0.2) is 14.3 Å². The Hall–Kier alpha value is -3.36. The van der Waals surface area contributed by atoms with Crippen molar-refractivity contribution in [3.8, 4) is 5.75 Å². The number of aromatic nitrogens is 4. The number of nitro groups is 1. The van der Waals surface area contributed by atoms with Crippen LogP contribution < -0.4 is 4.74 Å². The van der Waals surface area contributed by atoms with Gasteiger partial charge in [0.2, 0.25) is 0 Å². The number of carbonyl (C=O) groups excluding carboxylic acids is 1. The third-order valence-corrected chi connectivity index (χ3v) is 3.19. The van der Waals surface area contributed by atoms with Crippen LogP contribution in [0, 0.1) is 24.0 Å². The second-order valence-corrected chi connectivity index (χ2v) is 4.83. The summed E-state index contributed by atoms with van der Waals surface area (Å²) in [6.45, 7) is 3.37. The minimum Gasteiger partial charge on any atom is -0.421 e. The summed E-state index contributed by atoms with van der Waals surface area (Å²) < 4.78 is 6.59. The van der Waals surface area contributed by atoms with Gasteiger partial charge in [-0.1, -0.05) is 0 Å². The molecule has 116 valence electrons. The Morgan fingerprint density at radius 2 is 2.09 bits per heavy atom. The zero-order valence-electron chi connectivity index (χ0n) is 12.3. The summed E-state index contributed by atoms with van der Waals surface area (Å²) in [6, 6.07) is 5.77. The van der Waals surface area contributed by atoms with E-state index < -0.39 is 10.9 Å². The predicted molar refractivity (Wildman–Crippen MR) is 78.3 cm³/mol. The molecule has 0 bridgehead atoms. The Kier molecular flexibility index (Phi) is 3.45. The fraction of sp³-hybridized carbons (Fsp3) is 0.143. The molecule has 9 nitrogen and oxygen atoms in total. The molecule has 2 heterocycles. The van der Waals surface area contributed by atoms with Crippen molar-refractivity contribution in [1.29, 1.82) is 0 Å². The third kappa shape index (κ3) is 2.71. The number of carbonyl (C=O) groups is 1. The normalized spacial score (nSPS) is 10.7. The maximum atomic E-state index is 12.1. The highest BCUT2D eigenvalue weighted by Gasteiger charge is 2.18. The van der Waals surface area contributed by atoms with Gasteiger partial charge in [-0.05, 0) is 32.0 Å². The van der Waals surface area contributed by atoms with Crippen LogP contribution in [0.5, 0.6) is 5.75 Å². The third-order valence-electron chi connectivity index (χ3n) is 3.19. The van der Waals surface area contributed by atoms with E-state index in [1.54, 1.807) is 26.1 Å². The van der Waals surface area contributed by atoms with E-state index >= 15 is 0 Å². The van der Waals surface area contributed by atoms with Gasteiger partial charge in [0.15, 0.2) is 0 Å². The van der Waals surface area contributed by atoms with Gasteiger partial charge in [-0.2, -0.15) is 4.98 Å². The highest BCUT2D eigenvalue weighted by molar-refractivity contribution is 5.87. The van der Waals surface area contributed by atoms with E-state index in [4.69, 9.17) is 4.74 Å². The average molecular weight is 313 g/mol. The number of rotatable bonds is 3. The Balaban J connectivity index is 1.87. The molecule has 0 atom stereocenters. The first-order valence-electron chi connectivity index (χ1n) is 6.61. The van der Waals surface area contributed by atoms with Crippen LogP contribution in [0.4, 0.5) is 5.69 Å². The number of aryl methyl sites for hydroxylation is 2. The number of ether oxygens (including phenoxy) is 1. The Morgan fingerprint density at radius 3 is 2.74 bits per heavy atom. The maximum absolute atomic E-state index is 12.1. The second-order valence-electron chi connectivity index (χ2n) is 4.83. The number of nitrogens with zero attached hydrogens (tertiary/aromatic N) is 5. The molecular weight excluding hydrogens is 302 g/mol. The van der Waals surface area contributed by atoms with Crippen molar-refractivity contribution in [1.82, 2.24) is 19.6 Å². The number of hydrogen-bond donors (Lipinski definition) is 0. The van der Waals surface area contributed by atoms with Crippen molar-refractivity contribution < 1.29 is 14.5 Å². The van der Waals surface area contributed by atoms with Gasteiger partial charge < -0.3 is 4.74 Å². The number of nitro benzene ring substituents is 1. The molecule has 0 N–H and O–H groups in total. The number of esters is 1. The molecule has 0 fully saturated rings. The molecule has 0 unspecified atom stereocenters. The molecule has 1 aromatic carbocycles. The van der Waals surface area contributed by atoms with E-state index in [-0.39, 0.29) is 23.0 Å². The van der Waals surface area contributed by atoms with Crippen LogP contribution in [-0.2, 0) is 0 Å². The van der Waals surface area contributed by atoms with E-state index in [1.807, 2.05) is 0 Å². The molecule has 0 aliphatic carbocycles. The van der Waals surface area contributed by atoms with E-state index in [0.717, 1.165) is 5.69 Å². The summed E-state index contributed by atoms with van der Waals surface area (Å²) in [5, 5.41) is 14.8. The van der Waals surface area contributed by atoms with Crippen molar-refractivity contribution in [3.63, 3.8) is 0 Å². The molecule has 0 radical (unpaired) electrons. The van der Waals surface area contributed by atoms with Crippen molar-refractivity contribution >= 4 is 17.4 Å². The summed E-state index contributed by atoms with van der Waals surface area (Å²) in [4.78, 5) is 30.4. The van der Waals surface area contributed by atoms with Gasteiger partial charge in [0, 0.05) is 23.5 Å². The Bertz CT molecular complexity index is 934. The van der Waals surface area contributed by atoms with E-state index in [0.29, 0.717) is 5.56 Å². The smallest absolute Gasteiger partial charge is 0.383 e. The maximum Gasteiger partial charge on any atom is 0.383 e. The van der Waals surface area contributed by atoms with Crippen LogP contribution in [0.1, 0.15) is 21.9 Å². The van der Waals surface area contributed by atoms with Crippen molar-refractivity contribution in [2.75, 3.05) is 0 Å². The lowest BCUT2D eigenvalue weighted by Gasteiger charge is -2.03.